The molecule has 3 heteroatoms. The zero-order valence-corrected chi connectivity index (χ0v) is 9.46. The highest BCUT2D eigenvalue weighted by atomic mass is 31.1. The molecule has 0 spiro atoms. The Morgan fingerprint density at radius 3 is 2.21 bits per heavy atom. The van der Waals surface area contributed by atoms with E-state index in [2.05, 4.69) is 0 Å². The molecule has 0 fully saturated rings. The quantitative estimate of drug-likeness (QED) is 0.689. The molecule has 0 aromatic heterocycles. The lowest BCUT2D eigenvalue weighted by molar-refractivity contribution is 0.149. The van der Waals surface area contributed by atoms with Crippen molar-refractivity contribution in [2.24, 2.45) is 0 Å². The monoisotopic (exact) mass is 210 g/mol. The average Bonchev–Trinajstić information content (AvgIpc) is 2.28. The molecule has 2 nitrogen and oxygen atoms in total. The minimum Gasteiger partial charge on any atom is -0.475 e. The molecule has 0 saturated carbocycles. The van der Waals surface area contributed by atoms with Gasteiger partial charge in [0.2, 0.25) is 8.46 Å². The van der Waals surface area contributed by atoms with Crippen LogP contribution in [0.4, 0.5) is 0 Å². The summed E-state index contributed by atoms with van der Waals surface area (Å²) in [5.41, 5.74) is 0. The summed E-state index contributed by atoms with van der Waals surface area (Å²) >= 11 is 0. The van der Waals surface area contributed by atoms with Gasteiger partial charge < -0.3 is 4.74 Å². The molecule has 1 aromatic carbocycles. The van der Waals surface area contributed by atoms with Gasteiger partial charge in [0, 0.05) is 0 Å². The van der Waals surface area contributed by atoms with E-state index >= 15 is 0 Å². The highest BCUT2D eigenvalue weighted by Gasteiger charge is 2.28. The third-order valence-corrected chi connectivity index (χ3v) is 3.38. The summed E-state index contributed by atoms with van der Waals surface area (Å²) in [7, 11) is 0.0562. The number of para-hydroxylation sites is 1. The molecule has 0 atom stereocenters. The van der Waals surface area contributed by atoms with Crippen LogP contribution < -0.4 is 4.74 Å². The van der Waals surface area contributed by atoms with Gasteiger partial charge in [-0.2, -0.15) is 0 Å². The number of hydrogen-bond acceptors (Lipinski definition) is 2. The SMILES string of the molecule is CCC(CC)(Oc1ccccc1)P=O. The van der Waals surface area contributed by atoms with Gasteiger partial charge in [-0.1, -0.05) is 32.0 Å². The van der Waals surface area contributed by atoms with Crippen LogP contribution in [-0.2, 0) is 4.57 Å². The van der Waals surface area contributed by atoms with Crippen LogP contribution in [0.5, 0.6) is 5.75 Å². The van der Waals surface area contributed by atoms with Crippen LogP contribution in [0.25, 0.3) is 0 Å². The van der Waals surface area contributed by atoms with Crippen molar-refractivity contribution in [2.75, 3.05) is 0 Å². The van der Waals surface area contributed by atoms with Gasteiger partial charge in [-0.25, -0.2) is 0 Å². The Hall–Kier alpha value is -0.880. The molecule has 0 heterocycles. The molecule has 0 radical (unpaired) electrons. The smallest absolute Gasteiger partial charge is 0.204 e. The van der Waals surface area contributed by atoms with Crippen LogP contribution >= 0.6 is 8.46 Å². The first kappa shape index (κ1) is 11.2. The fraction of sp³-hybridized carbons (Fsp3) is 0.455. The Bertz CT molecular complexity index is 281. The first-order valence-corrected chi connectivity index (χ1v) is 5.66. The molecule has 1 rings (SSSR count). The molecule has 14 heavy (non-hydrogen) atoms. The number of rotatable bonds is 5. The largest absolute Gasteiger partial charge is 0.475 e. The molecule has 0 aliphatic rings. The highest BCUT2D eigenvalue weighted by Crippen LogP contribution is 2.33. The average molecular weight is 210 g/mol. The minimum absolute atomic E-state index is 0.0562. The normalized spacial score (nSPS) is 11.6. The van der Waals surface area contributed by atoms with E-state index in [1.807, 2.05) is 44.2 Å². The Morgan fingerprint density at radius 1 is 1.21 bits per heavy atom. The van der Waals surface area contributed by atoms with Gasteiger partial charge in [-0.05, 0) is 25.0 Å². The molecule has 76 valence electrons. The van der Waals surface area contributed by atoms with Crippen molar-refractivity contribution in [1.82, 2.24) is 0 Å². The van der Waals surface area contributed by atoms with Crippen molar-refractivity contribution in [3.63, 3.8) is 0 Å². The third-order valence-electron chi connectivity index (χ3n) is 2.32. The summed E-state index contributed by atoms with van der Waals surface area (Å²) in [6.45, 7) is 3.97. The molecule has 0 bridgehead atoms. The van der Waals surface area contributed by atoms with Crippen molar-refractivity contribution < 1.29 is 9.30 Å². The predicted octanol–water partition coefficient (Wildman–Crippen LogP) is 3.87. The first-order valence-electron chi connectivity index (χ1n) is 4.85. The summed E-state index contributed by atoms with van der Waals surface area (Å²) in [6.07, 6.45) is 1.48. The highest BCUT2D eigenvalue weighted by molar-refractivity contribution is 7.25. The summed E-state index contributed by atoms with van der Waals surface area (Å²) < 4.78 is 16.8. The van der Waals surface area contributed by atoms with Gasteiger partial charge in [0.15, 0.2) is 5.34 Å². The van der Waals surface area contributed by atoms with Crippen LogP contribution in [0.1, 0.15) is 26.7 Å². The Morgan fingerprint density at radius 2 is 1.79 bits per heavy atom. The maximum atomic E-state index is 11.1. The lowest BCUT2D eigenvalue weighted by Gasteiger charge is -2.25. The molecule has 0 amide bonds. The molecule has 0 unspecified atom stereocenters. The van der Waals surface area contributed by atoms with Crippen LogP contribution in [0.2, 0.25) is 0 Å². The molecule has 0 saturated heterocycles. The van der Waals surface area contributed by atoms with Gasteiger partial charge >= 0.3 is 0 Å². The second-order valence-corrected chi connectivity index (χ2v) is 4.16. The molecular formula is C11H15O2P. The van der Waals surface area contributed by atoms with Crippen LogP contribution in [0, 0.1) is 0 Å². The first-order chi connectivity index (χ1) is 6.76. The molecule has 0 N–H and O–H groups in total. The van der Waals surface area contributed by atoms with E-state index in [0.29, 0.717) is 0 Å². The van der Waals surface area contributed by atoms with E-state index in [1.165, 1.54) is 0 Å². The molecular weight excluding hydrogens is 195 g/mol. The fourth-order valence-corrected chi connectivity index (χ4v) is 1.65. The Labute approximate surface area is 86.5 Å². The Balaban J connectivity index is 2.79. The summed E-state index contributed by atoms with van der Waals surface area (Å²) in [5.74, 6) is 0.777. The lowest BCUT2D eigenvalue weighted by atomic mass is 10.2. The van der Waals surface area contributed by atoms with Gasteiger partial charge in [0.25, 0.3) is 0 Å². The number of ether oxygens (including phenoxy) is 1. The van der Waals surface area contributed by atoms with Crippen molar-refractivity contribution in [2.45, 2.75) is 32.0 Å². The van der Waals surface area contributed by atoms with Crippen LogP contribution in [-0.4, -0.2) is 5.34 Å². The maximum Gasteiger partial charge on any atom is 0.204 e. The topological polar surface area (TPSA) is 26.3 Å². The fourth-order valence-electron chi connectivity index (χ4n) is 1.25. The van der Waals surface area contributed by atoms with E-state index in [0.717, 1.165) is 18.6 Å². The van der Waals surface area contributed by atoms with E-state index in [-0.39, 0.29) is 8.46 Å². The Kier molecular flexibility index (Phi) is 4.09. The predicted molar refractivity (Wildman–Crippen MR) is 58.0 cm³/mol. The second-order valence-electron chi connectivity index (χ2n) is 3.16. The minimum atomic E-state index is -0.554. The van der Waals surface area contributed by atoms with Gasteiger partial charge in [0.05, 0.1) is 0 Å². The zero-order chi connectivity index (χ0) is 10.4. The van der Waals surface area contributed by atoms with Crippen LogP contribution in [0.15, 0.2) is 30.3 Å². The molecule has 0 aliphatic carbocycles. The van der Waals surface area contributed by atoms with E-state index in [1.54, 1.807) is 0 Å². The van der Waals surface area contributed by atoms with Gasteiger partial charge in [0.1, 0.15) is 5.75 Å². The summed E-state index contributed by atoms with van der Waals surface area (Å²) in [6, 6.07) is 9.51. The second kappa shape index (κ2) is 5.11. The summed E-state index contributed by atoms with van der Waals surface area (Å²) in [4.78, 5) is 0. The number of benzene rings is 1. The summed E-state index contributed by atoms with van der Waals surface area (Å²) in [5, 5.41) is -0.554. The van der Waals surface area contributed by atoms with Crippen LogP contribution in [0.3, 0.4) is 0 Å². The zero-order valence-electron chi connectivity index (χ0n) is 8.56. The van der Waals surface area contributed by atoms with Gasteiger partial charge in [-0.15, -0.1) is 0 Å². The molecule has 0 aliphatic heterocycles. The van der Waals surface area contributed by atoms with E-state index < -0.39 is 5.34 Å². The van der Waals surface area contributed by atoms with Gasteiger partial charge in [-0.3, -0.25) is 4.57 Å². The van der Waals surface area contributed by atoms with E-state index in [9.17, 15) is 4.57 Å². The lowest BCUT2D eigenvalue weighted by Crippen LogP contribution is -2.27. The number of hydrogen-bond donors (Lipinski definition) is 0. The van der Waals surface area contributed by atoms with Crippen molar-refractivity contribution in [3.05, 3.63) is 30.3 Å². The van der Waals surface area contributed by atoms with E-state index in [4.69, 9.17) is 4.74 Å². The van der Waals surface area contributed by atoms with Crippen molar-refractivity contribution >= 4 is 8.46 Å². The maximum absolute atomic E-state index is 11.1. The molecule has 1 aromatic rings. The van der Waals surface area contributed by atoms with Crippen molar-refractivity contribution in [3.8, 4) is 5.75 Å². The standard InChI is InChI=1S/C11H15O2P/c1-3-11(4-2,14-12)13-10-8-6-5-7-9-10/h5-9H,3-4H2,1-2H3. The van der Waals surface area contributed by atoms with Crippen molar-refractivity contribution in [1.29, 1.82) is 0 Å². The third kappa shape index (κ3) is 2.55.